The summed E-state index contributed by atoms with van der Waals surface area (Å²) in [6, 6.07) is 0. The minimum Gasteiger partial charge on any atom is -0.450 e. The lowest BCUT2D eigenvalue weighted by atomic mass is 10.3. The Balaban J connectivity index is 2.33. The zero-order valence-electron chi connectivity index (χ0n) is 5.19. The first-order valence-electron chi connectivity index (χ1n) is 2.85. The van der Waals surface area contributed by atoms with E-state index in [9.17, 15) is 4.79 Å². The molecule has 0 spiro atoms. The van der Waals surface area contributed by atoms with Crippen molar-refractivity contribution in [3.8, 4) is 0 Å². The molecule has 1 heterocycles. The van der Waals surface area contributed by atoms with Gasteiger partial charge in [0.15, 0.2) is 6.10 Å². The van der Waals surface area contributed by atoms with Gasteiger partial charge in [-0.15, -0.1) is 0 Å². The van der Waals surface area contributed by atoms with Gasteiger partial charge in [-0.3, -0.25) is 0 Å². The summed E-state index contributed by atoms with van der Waals surface area (Å²) in [6.45, 7) is 0.297. The third kappa shape index (κ3) is 1.58. The van der Waals surface area contributed by atoms with E-state index in [-0.39, 0.29) is 13.2 Å². The summed E-state index contributed by atoms with van der Waals surface area (Å²) >= 11 is 0. The van der Waals surface area contributed by atoms with Gasteiger partial charge in [-0.05, 0) is 0 Å². The van der Waals surface area contributed by atoms with E-state index < -0.39 is 18.4 Å². The number of aliphatic hydroxyl groups excluding tert-OH is 1. The summed E-state index contributed by atoms with van der Waals surface area (Å²) in [5.41, 5.74) is 0. The van der Waals surface area contributed by atoms with Crippen LogP contribution in [0.4, 0.5) is 4.79 Å². The molecular formula is C5H8O5. The van der Waals surface area contributed by atoms with Crippen LogP contribution in [0.2, 0.25) is 0 Å². The molecule has 1 fully saturated rings. The van der Waals surface area contributed by atoms with E-state index in [1.54, 1.807) is 0 Å². The third-order valence-electron chi connectivity index (χ3n) is 1.25. The Labute approximate surface area is 57.2 Å². The number of carboxylic acid groups (broad SMARTS) is 1. The van der Waals surface area contributed by atoms with Crippen molar-refractivity contribution in [2.75, 3.05) is 13.2 Å². The van der Waals surface area contributed by atoms with Crippen molar-refractivity contribution >= 4 is 6.16 Å². The van der Waals surface area contributed by atoms with Crippen molar-refractivity contribution < 1.29 is 24.5 Å². The SMILES string of the molecule is O=C(O)OC1COCC1O. The van der Waals surface area contributed by atoms with Crippen LogP contribution in [0.15, 0.2) is 0 Å². The topological polar surface area (TPSA) is 76.0 Å². The number of hydrogen-bond donors (Lipinski definition) is 2. The van der Waals surface area contributed by atoms with Crippen molar-refractivity contribution in [2.45, 2.75) is 12.2 Å². The Bertz CT molecular complexity index is 134. The van der Waals surface area contributed by atoms with E-state index in [2.05, 4.69) is 4.74 Å². The van der Waals surface area contributed by atoms with Crippen LogP contribution in [-0.2, 0) is 9.47 Å². The highest BCUT2D eigenvalue weighted by molar-refractivity contribution is 5.57. The predicted molar refractivity (Wildman–Crippen MR) is 29.7 cm³/mol. The van der Waals surface area contributed by atoms with Crippen LogP contribution in [0, 0.1) is 0 Å². The fourth-order valence-electron chi connectivity index (χ4n) is 0.765. The van der Waals surface area contributed by atoms with Gasteiger partial charge in [-0.2, -0.15) is 0 Å². The molecule has 0 aliphatic carbocycles. The molecule has 0 radical (unpaired) electrons. The van der Waals surface area contributed by atoms with E-state index in [4.69, 9.17) is 14.9 Å². The number of hydrogen-bond acceptors (Lipinski definition) is 4. The second-order valence-electron chi connectivity index (χ2n) is 2.03. The van der Waals surface area contributed by atoms with Crippen LogP contribution >= 0.6 is 0 Å². The first-order valence-corrected chi connectivity index (χ1v) is 2.85. The molecule has 0 aromatic rings. The predicted octanol–water partition coefficient (Wildman–Crippen LogP) is -0.559. The molecule has 5 nitrogen and oxygen atoms in total. The van der Waals surface area contributed by atoms with Gasteiger partial charge in [-0.1, -0.05) is 0 Å². The molecule has 2 unspecified atom stereocenters. The lowest BCUT2D eigenvalue weighted by Gasteiger charge is -2.09. The summed E-state index contributed by atoms with van der Waals surface area (Å²) in [4.78, 5) is 9.91. The lowest BCUT2D eigenvalue weighted by Crippen LogP contribution is -2.28. The second kappa shape index (κ2) is 2.85. The zero-order chi connectivity index (χ0) is 7.56. The molecule has 2 N–H and O–H groups in total. The molecule has 1 saturated heterocycles. The quantitative estimate of drug-likeness (QED) is 0.487. The maximum atomic E-state index is 9.91. The molecule has 0 saturated carbocycles. The Morgan fingerprint density at radius 1 is 1.60 bits per heavy atom. The normalized spacial score (nSPS) is 32.1. The Kier molecular flexibility index (Phi) is 2.08. The van der Waals surface area contributed by atoms with Crippen molar-refractivity contribution in [3.05, 3.63) is 0 Å². The monoisotopic (exact) mass is 148 g/mol. The van der Waals surface area contributed by atoms with Gasteiger partial charge < -0.3 is 19.7 Å². The van der Waals surface area contributed by atoms with E-state index in [0.717, 1.165) is 0 Å². The van der Waals surface area contributed by atoms with Gasteiger partial charge in [0, 0.05) is 0 Å². The fraction of sp³-hybridized carbons (Fsp3) is 0.800. The van der Waals surface area contributed by atoms with Gasteiger partial charge in [0.05, 0.1) is 13.2 Å². The summed E-state index contributed by atoms with van der Waals surface area (Å²) in [6.07, 6.45) is -2.90. The maximum absolute atomic E-state index is 9.91. The molecule has 1 rings (SSSR count). The zero-order valence-corrected chi connectivity index (χ0v) is 5.19. The molecular weight excluding hydrogens is 140 g/mol. The first kappa shape index (κ1) is 7.30. The number of ether oxygens (including phenoxy) is 2. The molecule has 0 bridgehead atoms. The van der Waals surface area contributed by atoms with E-state index in [1.165, 1.54) is 0 Å². The second-order valence-corrected chi connectivity index (χ2v) is 2.03. The highest BCUT2D eigenvalue weighted by Crippen LogP contribution is 2.08. The van der Waals surface area contributed by atoms with Crippen LogP contribution in [0.5, 0.6) is 0 Å². The van der Waals surface area contributed by atoms with Crippen LogP contribution in [0.25, 0.3) is 0 Å². The molecule has 10 heavy (non-hydrogen) atoms. The maximum Gasteiger partial charge on any atom is 0.506 e. The van der Waals surface area contributed by atoms with Gasteiger partial charge in [0.2, 0.25) is 0 Å². The minimum absolute atomic E-state index is 0.146. The van der Waals surface area contributed by atoms with Crippen LogP contribution in [0.3, 0.4) is 0 Å². The van der Waals surface area contributed by atoms with E-state index in [1.807, 2.05) is 0 Å². The molecule has 0 amide bonds. The molecule has 58 valence electrons. The summed E-state index contributed by atoms with van der Waals surface area (Å²) in [5.74, 6) is 0. The summed E-state index contributed by atoms with van der Waals surface area (Å²) in [5, 5.41) is 17.0. The van der Waals surface area contributed by atoms with Crippen LogP contribution in [-0.4, -0.2) is 41.8 Å². The Hall–Kier alpha value is -0.810. The molecule has 0 aromatic heterocycles. The largest absolute Gasteiger partial charge is 0.506 e. The molecule has 2 atom stereocenters. The molecule has 0 aromatic carbocycles. The van der Waals surface area contributed by atoms with Crippen LogP contribution < -0.4 is 0 Å². The van der Waals surface area contributed by atoms with Gasteiger partial charge >= 0.3 is 6.16 Å². The highest BCUT2D eigenvalue weighted by atomic mass is 16.7. The molecule has 5 heteroatoms. The number of rotatable bonds is 1. The Morgan fingerprint density at radius 2 is 2.30 bits per heavy atom. The number of aliphatic hydroxyl groups is 1. The van der Waals surface area contributed by atoms with Crippen LogP contribution in [0.1, 0.15) is 0 Å². The highest BCUT2D eigenvalue weighted by Gasteiger charge is 2.29. The fourth-order valence-corrected chi connectivity index (χ4v) is 0.765. The van der Waals surface area contributed by atoms with Crippen molar-refractivity contribution in [2.24, 2.45) is 0 Å². The minimum atomic E-state index is -1.38. The van der Waals surface area contributed by atoms with Gasteiger partial charge in [0.1, 0.15) is 6.10 Å². The van der Waals surface area contributed by atoms with E-state index >= 15 is 0 Å². The first-order chi connectivity index (χ1) is 4.70. The van der Waals surface area contributed by atoms with E-state index in [0.29, 0.717) is 0 Å². The van der Waals surface area contributed by atoms with Crippen molar-refractivity contribution in [1.29, 1.82) is 0 Å². The molecule has 1 aliphatic rings. The molecule has 1 aliphatic heterocycles. The average molecular weight is 148 g/mol. The van der Waals surface area contributed by atoms with Crippen molar-refractivity contribution in [1.82, 2.24) is 0 Å². The average Bonchev–Trinajstić information content (AvgIpc) is 2.15. The summed E-state index contributed by atoms with van der Waals surface area (Å²) in [7, 11) is 0. The standard InChI is InChI=1S/C5H8O5/c6-3-1-9-2-4(3)10-5(7)8/h3-4,6H,1-2H2,(H,7,8). The third-order valence-corrected chi connectivity index (χ3v) is 1.25. The Morgan fingerprint density at radius 3 is 2.70 bits per heavy atom. The van der Waals surface area contributed by atoms with Gasteiger partial charge in [0.25, 0.3) is 0 Å². The lowest BCUT2D eigenvalue weighted by molar-refractivity contribution is 0.00576. The van der Waals surface area contributed by atoms with Crippen molar-refractivity contribution in [3.63, 3.8) is 0 Å². The smallest absolute Gasteiger partial charge is 0.450 e. The summed E-state index contributed by atoms with van der Waals surface area (Å²) < 4.78 is 9.00. The van der Waals surface area contributed by atoms with Gasteiger partial charge in [-0.25, -0.2) is 4.79 Å². The number of carbonyl (C=O) groups is 1.